The van der Waals surface area contributed by atoms with Gasteiger partial charge in [-0.3, -0.25) is 14.5 Å². The molecule has 2 N–H and O–H groups in total. The zero-order chi connectivity index (χ0) is 31.5. The number of carbonyl (C=O) groups is 2. The lowest BCUT2D eigenvalue weighted by Crippen LogP contribution is -2.41. The van der Waals surface area contributed by atoms with Gasteiger partial charge >= 0.3 is 12.4 Å². The van der Waals surface area contributed by atoms with Gasteiger partial charge in [0.1, 0.15) is 0 Å². The maximum atomic E-state index is 13.5. The van der Waals surface area contributed by atoms with E-state index in [-0.39, 0.29) is 17.3 Å². The van der Waals surface area contributed by atoms with Crippen LogP contribution in [0.2, 0.25) is 0 Å². The standard InChI is InChI=1S/C31H30F6N4O3/c32-30(33,34)23-15-22(16-24(17-23)31(35,36)37)28(42)39-25-5-6-27(41-9-7-20-3-1-2-4-21(20)19-41)26(18-25)29(43)38-8-10-40-11-13-44-14-12-40/h1-6,15-18H,7-14,19H2,(H,38,43)(H,39,42). The van der Waals surface area contributed by atoms with E-state index >= 15 is 0 Å². The molecular weight excluding hydrogens is 590 g/mol. The van der Waals surface area contributed by atoms with Gasteiger partial charge in [0.05, 0.1) is 29.9 Å². The van der Waals surface area contributed by atoms with Gasteiger partial charge in [-0.25, -0.2) is 0 Å². The number of benzene rings is 3. The average Bonchev–Trinajstić information content (AvgIpc) is 3.00. The van der Waals surface area contributed by atoms with E-state index in [0.29, 0.717) is 57.2 Å². The fourth-order valence-corrected chi connectivity index (χ4v) is 5.31. The molecule has 0 atom stereocenters. The normalized spacial score (nSPS) is 15.9. The van der Waals surface area contributed by atoms with E-state index in [1.807, 2.05) is 29.2 Å². The van der Waals surface area contributed by atoms with Crippen LogP contribution in [0.4, 0.5) is 37.7 Å². The highest BCUT2D eigenvalue weighted by Gasteiger charge is 2.37. The summed E-state index contributed by atoms with van der Waals surface area (Å²) in [7, 11) is 0. The molecular formula is C31H30F6N4O3. The minimum atomic E-state index is -5.10. The van der Waals surface area contributed by atoms with E-state index in [4.69, 9.17) is 4.74 Å². The number of morpholine rings is 1. The number of hydrogen-bond donors (Lipinski definition) is 2. The second-order valence-electron chi connectivity index (χ2n) is 10.6. The number of ether oxygens (including phenoxy) is 1. The SMILES string of the molecule is O=C(Nc1ccc(N2CCc3ccccc3C2)c(C(=O)NCCN2CCOCC2)c1)c1cc(C(F)(F)F)cc(C(F)(F)F)c1. The molecule has 5 rings (SSSR count). The summed E-state index contributed by atoms with van der Waals surface area (Å²) >= 11 is 0. The highest BCUT2D eigenvalue weighted by Crippen LogP contribution is 2.37. The van der Waals surface area contributed by atoms with Gasteiger partial charge in [-0.1, -0.05) is 24.3 Å². The molecule has 2 aliphatic rings. The smallest absolute Gasteiger partial charge is 0.379 e. The van der Waals surface area contributed by atoms with Crippen molar-refractivity contribution < 1.29 is 40.7 Å². The van der Waals surface area contributed by atoms with Crippen LogP contribution in [-0.4, -0.2) is 62.7 Å². The molecule has 2 heterocycles. The molecule has 13 heteroatoms. The number of nitrogens with one attached hydrogen (secondary N) is 2. The summed E-state index contributed by atoms with van der Waals surface area (Å²) < 4.78 is 85.4. The summed E-state index contributed by atoms with van der Waals surface area (Å²) in [5, 5.41) is 5.26. The molecule has 3 aromatic carbocycles. The Morgan fingerprint density at radius 3 is 2.11 bits per heavy atom. The summed E-state index contributed by atoms with van der Waals surface area (Å²) in [6.07, 6.45) is -9.46. The van der Waals surface area contributed by atoms with Crippen LogP contribution in [-0.2, 0) is 30.1 Å². The zero-order valence-electron chi connectivity index (χ0n) is 23.5. The van der Waals surface area contributed by atoms with Crippen molar-refractivity contribution in [3.05, 3.63) is 94.0 Å². The van der Waals surface area contributed by atoms with Gasteiger partial charge in [-0.05, 0) is 53.9 Å². The van der Waals surface area contributed by atoms with Crippen molar-refractivity contribution in [2.24, 2.45) is 0 Å². The molecule has 44 heavy (non-hydrogen) atoms. The van der Waals surface area contributed by atoms with E-state index in [9.17, 15) is 35.9 Å². The molecule has 1 fully saturated rings. The number of fused-ring (bicyclic) bond motifs is 1. The van der Waals surface area contributed by atoms with E-state index in [1.165, 1.54) is 17.7 Å². The largest absolute Gasteiger partial charge is 0.416 e. The van der Waals surface area contributed by atoms with Gasteiger partial charge in [0.15, 0.2) is 0 Å². The van der Waals surface area contributed by atoms with Crippen LogP contribution >= 0.6 is 0 Å². The Morgan fingerprint density at radius 1 is 0.795 bits per heavy atom. The molecule has 0 radical (unpaired) electrons. The summed E-state index contributed by atoms with van der Waals surface area (Å²) in [6, 6.07) is 13.1. The van der Waals surface area contributed by atoms with Crippen LogP contribution < -0.4 is 15.5 Å². The Morgan fingerprint density at radius 2 is 1.45 bits per heavy atom. The first kappa shape index (κ1) is 31.3. The Hall–Kier alpha value is -4.10. The number of halogens is 6. The Labute approximate surface area is 249 Å². The summed E-state index contributed by atoms with van der Waals surface area (Å²) in [5.41, 5.74) is -0.884. The number of nitrogens with zero attached hydrogens (tertiary/aromatic N) is 2. The van der Waals surface area contributed by atoms with Crippen LogP contribution in [0, 0.1) is 0 Å². The molecule has 0 saturated carbocycles. The third-order valence-electron chi connectivity index (χ3n) is 7.64. The van der Waals surface area contributed by atoms with Gasteiger partial charge in [-0.2, -0.15) is 26.3 Å². The van der Waals surface area contributed by atoms with Crippen LogP contribution in [0.15, 0.2) is 60.7 Å². The maximum Gasteiger partial charge on any atom is 0.416 e. The number of anilines is 2. The highest BCUT2D eigenvalue weighted by atomic mass is 19.4. The maximum absolute atomic E-state index is 13.5. The van der Waals surface area contributed by atoms with Crippen molar-refractivity contribution in [1.82, 2.24) is 10.2 Å². The first-order chi connectivity index (χ1) is 20.9. The fourth-order valence-electron chi connectivity index (χ4n) is 5.31. The van der Waals surface area contributed by atoms with Crippen LogP contribution in [0.3, 0.4) is 0 Å². The van der Waals surface area contributed by atoms with E-state index < -0.39 is 40.9 Å². The minimum Gasteiger partial charge on any atom is -0.379 e. The van der Waals surface area contributed by atoms with Crippen LogP contribution in [0.5, 0.6) is 0 Å². The first-order valence-corrected chi connectivity index (χ1v) is 14.0. The molecule has 0 bridgehead atoms. The monoisotopic (exact) mass is 620 g/mol. The Bertz CT molecular complexity index is 1490. The average molecular weight is 621 g/mol. The molecule has 0 aromatic heterocycles. The summed E-state index contributed by atoms with van der Waals surface area (Å²) in [6.45, 7) is 4.75. The lowest BCUT2D eigenvalue weighted by Gasteiger charge is -2.32. The number of amides is 2. The topological polar surface area (TPSA) is 73.9 Å². The van der Waals surface area contributed by atoms with E-state index in [0.717, 1.165) is 25.1 Å². The minimum absolute atomic E-state index is 0.0400. The second-order valence-corrected chi connectivity index (χ2v) is 10.6. The summed E-state index contributed by atoms with van der Waals surface area (Å²) in [4.78, 5) is 30.6. The third kappa shape index (κ3) is 7.51. The van der Waals surface area contributed by atoms with Crippen molar-refractivity contribution >= 4 is 23.2 Å². The molecule has 2 amide bonds. The van der Waals surface area contributed by atoms with Gasteiger partial charge in [0, 0.05) is 56.2 Å². The molecule has 0 spiro atoms. The van der Waals surface area contributed by atoms with Crippen molar-refractivity contribution in [2.75, 3.05) is 56.2 Å². The lowest BCUT2D eigenvalue weighted by molar-refractivity contribution is -0.143. The summed E-state index contributed by atoms with van der Waals surface area (Å²) in [5.74, 6) is -1.61. The predicted octanol–water partition coefficient (Wildman–Crippen LogP) is 5.60. The molecule has 2 aliphatic heterocycles. The number of rotatable bonds is 7. The van der Waals surface area contributed by atoms with Crippen LogP contribution in [0.25, 0.3) is 0 Å². The molecule has 234 valence electrons. The molecule has 0 unspecified atom stereocenters. The van der Waals surface area contributed by atoms with Crippen molar-refractivity contribution in [1.29, 1.82) is 0 Å². The van der Waals surface area contributed by atoms with Crippen molar-refractivity contribution in [3.63, 3.8) is 0 Å². The second kappa shape index (κ2) is 12.9. The molecule has 1 saturated heterocycles. The molecule has 7 nitrogen and oxygen atoms in total. The number of alkyl halides is 6. The Kier molecular flexibility index (Phi) is 9.16. The predicted molar refractivity (Wildman–Crippen MR) is 152 cm³/mol. The molecule has 3 aromatic rings. The van der Waals surface area contributed by atoms with Gasteiger partial charge in [0.2, 0.25) is 0 Å². The van der Waals surface area contributed by atoms with Crippen molar-refractivity contribution in [2.45, 2.75) is 25.3 Å². The quantitative estimate of drug-likeness (QED) is 0.337. The highest BCUT2D eigenvalue weighted by molar-refractivity contribution is 6.06. The Balaban J connectivity index is 1.41. The van der Waals surface area contributed by atoms with E-state index in [2.05, 4.69) is 15.5 Å². The lowest BCUT2D eigenvalue weighted by atomic mass is 9.98. The zero-order valence-corrected chi connectivity index (χ0v) is 23.5. The van der Waals surface area contributed by atoms with Gasteiger partial charge in [-0.15, -0.1) is 0 Å². The first-order valence-electron chi connectivity index (χ1n) is 14.0. The van der Waals surface area contributed by atoms with Gasteiger partial charge < -0.3 is 20.3 Å². The number of hydrogen-bond acceptors (Lipinski definition) is 5. The van der Waals surface area contributed by atoms with E-state index in [1.54, 1.807) is 6.07 Å². The van der Waals surface area contributed by atoms with Gasteiger partial charge in [0.25, 0.3) is 11.8 Å². The van der Waals surface area contributed by atoms with Crippen molar-refractivity contribution in [3.8, 4) is 0 Å². The fraction of sp³-hybridized carbons (Fsp3) is 0.355. The number of carbonyl (C=O) groups excluding carboxylic acids is 2. The van der Waals surface area contributed by atoms with Crippen LogP contribution in [0.1, 0.15) is 43.0 Å². The third-order valence-corrected chi connectivity index (χ3v) is 7.64. The molecule has 0 aliphatic carbocycles.